The Morgan fingerprint density at radius 3 is 1.44 bits per heavy atom. The summed E-state index contributed by atoms with van der Waals surface area (Å²) < 4.78 is 0. The highest BCUT2D eigenvalue weighted by molar-refractivity contribution is 6.12. The third-order valence-corrected chi connectivity index (χ3v) is 12.7. The molecule has 0 saturated carbocycles. The Kier molecular flexibility index (Phi) is 8.09. The third-order valence-electron chi connectivity index (χ3n) is 12.7. The van der Waals surface area contributed by atoms with Crippen LogP contribution in [0.4, 0.5) is 34.1 Å². The van der Waals surface area contributed by atoms with Gasteiger partial charge in [-0.1, -0.05) is 141 Å². The molecule has 1 aliphatic rings. The van der Waals surface area contributed by atoms with Crippen LogP contribution in [-0.2, 0) is 5.41 Å². The van der Waals surface area contributed by atoms with Crippen molar-refractivity contribution in [1.29, 1.82) is 0 Å². The number of benzene rings is 9. The first-order valence-electron chi connectivity index (χ1n) is 20.1. The molecule has 9 aromatic rings. The summed E-state index contributed by atoms with van der Waals surface area (Å²) >= 11 is 0. The van der Waals surface area contributed by atoms with Gasteiger partial charge < -0.3 is 9.80 Å². The van der Waals surface area contributed by atoms with Gasteiger partial charge in [0.05, 0.1) is 17.1 Å². The number of aryl methyl sites for hydroxylation is 2. The van der Waals surface area contributed by atoms with E-state index in [1.807, 2.05) is 0 Å². The highest BCUT2D eigenvalue weighted by Crippen LogP contribution is 2.56. The first kappa shape index (κ1) is 34.8. The fourth-order valence-electron chi connectivity index (χ4n) is 9.54. The lowest BCUT2D eigenvalue weighted by atomic mass is 9.81. The number of para-hydroxylation sites is 2. The molecule has 0 amide bonds. The van der Waals surface area contributed by atoms with Crippen LogP contribution in [-0.4, -0.2) is 0 Å². The number of rotatable bonds is 6. The van der Waals surface area contributed by atoms with E-state index in [4.69, 9.17) is 0 Å². The standard InChI is InChI=1S/C55H46N2/c1-35-31-39-19-13-15-25-44(39)53(37(35)3)56(41-21-9-7-10-22-41)43-29-30-48-49(33-43)55(5,6)50-34-51(46-27-17-18-28-47(46)52(48)50)57(42-23-11-8-12-24-42)54-38(4)36(2)32-40-20-14-16-26-45(40)54/h7-34H,1-6H3. The highest BCUT2D eigenvalue weighted by Gasteiger charge is 2.39. The maximum atomic E-state index is 2.53. The van der Waals surface area contributed by atoms with Crippen molar-refractivity contribution < 1.29 is 0 Å². The summed E-state index contributed by atoms with van der Waals surface area (Å²) in [6.45, 7) is 13.9. The van der Waals surface area contributed by atoms with Gasteiger partial charge in [-0.05, 0) is 131 Å². The summed E-state index contributed by atoms with van der Waals surface area (Å²) in [5.74, 6) is 0. The van der Waals surface area contributed by atoms with Crippen molar-refractivity contribution in [2.45, 2.75) is 47.0 Å². The molecule has 0 fully saturated rings. The second kappa shape index (κ2) is 13.2. The van der Waals surface area contributed by atoms with Gasteiger partial charge in [0.1, 0.15) is 0 Å². The Morgan fingerprint density at radius 1 is 0.386 bits per heavy atom. The average molecular weight is 735 g/mol. The number of nitrogens with zero attached hydrogens (tertiary/aromatic N) is 2. The van der Waals surface area contributed by atoms with E-state index in [0.717, 1.165) is 17.1 Å². The minimum atomic E-state index is -0.280. The minimum absolute atomic E-state index is 0.280. The number of anilines is 6. The van der Waals surface area contributed by atoms with E-state index in [0.29, 0.717) is 0 Å². The fourth-order valence-corrected chi connectivity index (χ4v) is 9.54. The molecular weight excluding hydrogens is 689 g/mol. The Labute approximate surface area is 336 Å². The second-order valence-electron chi connectivity index (χ2n) is 16.3. The molecule has 0 bridgehead atoms. The van der Waals surface area contributed by atoms with Gasteiger partial charge in [0.2, 0.25) is 0 Å². The first-order chi connectivity index (χ1) is 27.7. The van der Waals surface area contributed by atoms with E-state index in [-0.39, 0.29) is 5.41 Å². The normalized spacial score (nSPS) is 12.9. The zero-order valence-electron chi connectivity index (χ0n) is 33.6. The number of fused-ring (bicyclic) bond motifs is 7. The second-order valence-corrected chi connectivity index (χ2v) is 16.3. The minimum Gasteiger partial charge on any atom is -0.310 e. The van der Waals surface area contributed by atoms with Gasteiger partial charge in [-0.15, -0.1) is 0 Å². The molecule has 0 aromatic heterocycles. The molecule has 57 heavy (non-hydrogen) atoms. The number of hydrogen-bond donors (Lipinski definition) is 0. The molecule has 276 valence electrons. The molecule has 10 rings (SSSR count). The van der Waals surface area contributed by atoms with E-state index in [9.17, 15) is 0 Å². The van der Waals surface area contributed by atoms with Crippen LogP contribution in [0.3, 0.4) is 0 Å². The van der Waals surface area contributed by atoms with Gasteiger partial charge >= 0.3 is 0 Å². The molecule has 2 heteroatoms. The Hall–Kier alpha value is -6.64. The van der Waals surface area contributed by atoms with Crippen LogP contribution in [0.15, 0.2) is 170 Å². The summed E-state index contributed by atoms with van der Waals surface area (Å²) in [6, 6.07) is 62.8. The smallest absolute Gasteiger partial charge is 0.0572 e. The van der Waals surface area contributed by atoms with Crippen molar-refractivity contribution in [3.63, 3.8) is 0 Å². The molecule has 0 N–H and O–H groups in total. The average Bonchev–Trinajstić information content (AvgIpc) is 3.47. The van der Waals surface area contributed by atoms with Crippen LogP contribution in [0.25, 0.3) is 43.4 Å². The lowest BCUT2D eigenvalue weighted by Gasteiger charge is -2.32. The molecule has 0 atom stereocenters. The lowest BCUT2D eigenvalue weighted by Crippen LogP contribution is -2.18. The van der Waals surface area contributed by atoms with Crippen LogP contribution in [0.2, 0.25) is 0 Å². The third kappa shape index (κ3) is 5.39. The van der Waals surface area contributed by atoms with Crippen molar-refractivity contribution in [3.8, 4) is 11.1 Å². The molecular formula is C55H46N2. The van der Waals surface area contributed by atoms with Crippen LogP contribution in [0.5, 0.6) is 0 Å². The highest BCUT2D eigenvalue weighted by atomic mass is 15.2. The van der Waals surface area contributed by atoms with Gasteiger partial charge in [0, 0.05) is 38.6 Å². The monoisotopic (exact) mass is 734 g/mol. The molecule has 0 spiro atoms. The topological polar surface area (TPSA) is 6.48 Å². The molecule has 1 aliphatic carbocycles. The molecule has 0 aliphatic heterocycles. The van der Waals surface area contributed by atoms with Gasteiger partial charge in [0.25, 0.3) is 0 Å². The van der Waals surface area contributed by atoms with Crippen molar-refractivity contribution in [1.82, 2.24) is 0 Å². The van der Waals surface area contributed by atoms with Crippen LogP contribution in [0, 0.1) is 27.7 Å². The lowest BCUT2D eigenvalue weighted by molar-refractivity contribution is 0.661. The molecule has 0 radical (unpaired) electrons. The largest absolute Gasteiger partial charge is 0.310 e. The van der Waals surface area contributed by atoms with E-state index < -0.39 is 0 Å². The quantitative estimate of drug-likeness (QED) is 0.168. The molecule has 2 nitrogen and oxygen atoms in total. The van der Waals surface area contributed by atoms with Gasteiger partial charge in [-0.25, -0.2) is 0 Å². The molecule has 9 aromatic carbocycles. The molecule has 0 heterocycles. The Bertz CT molecular complexity index is 3030. The first-order valence-corrected chi connectivity index (χ1v) is 20.1. The molecule has 0 saturated heterocycles. The van der Waals surface area contributed by atoms with Gasteiger partial charge in [0.15, 0.2) is 0 Å². The predicted molar refractivity (Wildman–Crippen MR) is 245 cm³/mol. The summed E-state index contributed by atoms with van der Waals surface area (Å²) in [5, 5.41) is 7.53. The number of hydrogen-bond acceptors (Lipinski definition) is 2. The zero-order chi connectivity index (χ0) is 39.0. The maximum absolute atomic E-state index is 2.53. The fraction of sp³-hybridized carbons (Fsp3) is 0.127. The maximum Gasteiger partial charge on any atom is 0.0572 e. The summed E-state index contributed by atoms with van der Waals surface area (Å²) in [6.07, 6.45) is 0. The predicted octanol–water partition coefficient (Wildman–Crippen LogP) is 15.6. The Morgan fingerprint density at radius 2 is 0.860 bits per heavy atom. The van der Waals surface area contributed by atoms with E-state index in [1.165, 1.54) is 93.9 Å². The van der Waals surface area contributed by atoms with E-state index in [1.54, 1.807) is 0 Å². The zero-order valence-corrected chi connectivity index (χ0v) is 33.6. The summed E-state index contributed by atoms with van der Waals surface area (Å²) in [7, 11) is 0. The van der Waals surface area contributed by atoms with Crippen LogP contribution in [0.1, 0.15) is 47.2 Å². The van der Waals surface area contributed by atoms with Crippen LogP contribution < -0.4 is 9.80 Å². The SMILES string of the molecule is Cc1cc2ccccc2c(N(c2ccccc2)c2ccc3c(c2)C(C)(C)c2cc(N(c4ccccc4)c4c(C)c(C)cc5ccccc45)c4ccccc4c2-3)c1C. The summed E-state index contributed by atoms with van der Waals surface area (Å²) in [5.41, 5.74) is 17.3. The summed E-state index contributed by atoms with van der Waals surface area (Å²) in [4.78, 5) is 5.01. The van der Waals surface area contributed by atoms with Crippen molar-refractivity contribution in [2.24, 2.45) is 0 Å². The van der Waals surface area contributed by atoms with Gasteiger partial charge in [-0.3, -0.25) is 0 Å². The van der Waals surface area contributed by atoms with Gasteiger partial charge in [-0.2, -0.15) is 0 Å². The Balaban J connectivity index is 1.23. The van der Waals surface area contributed by atoms with E-state index >= 15 is 0 Å². The van der Waals surface area contributed by atoms with Crippen molar-refractivity contribution in [2.75, 3.05) is 9.80 Å². The van der Waals surface area contributed by atoms with Crippen molar-refractivity contribution in [3.05, 3.63) is 203 Å². The van der Waals surface area contributed by atoms with E-state index in [2.05, 4.69) is 221 Å². The van der Waals surface area contributed by atoms with Crippen LogP contribution >= 0.6 is 0 Å². The molecule has 0 unspecified atom stereocenters. The van der Waals surface area contributed by atoms with Crippen molar-refractivity contribution >= 4 is 66.4 Å².